The van der Waals surface area contributed by atoms with Crippen LogP contribution in [0.15, 0.2) is 45.9 Å². The fourth-order valence-electron chi connectivity index (χ4n) is 3.25. The topological polar surface area (TPSA) is 79.4 Å². The molecule has 0 bridgehead atoms. The molecule has 3 aromatic heterocycles. The molecule has 6 nitrogen and oxygen atoms in total. The Morgan fingerprint density at radius 3 is 2.88 bits per heavy atom. The molecule has 9 heteroatoms. The summed E-state index contributed by atoms with van der Waals surface area (Å²) in [6.07, 6.45) is 1.51. The highest BCUT2D eigenvalue weighted by atomic mass is 79.9. The van der Waals surface area contributed by atoms with Gasteiger partial charge in [-0.15, -0.1) is 0 Å². The van der Waals surface area contributed by atoms with E-state index in [1.165, 1.54) is 22.9 Å². The van der Waals surface area contributed by atoms with Gasteiger partial charge in [-0.05, 0) is 40.2 Å². The number of pyridine rings is 1. The van der Waals surface area contributed by atoms with Crippen LogP contribution in [0.3, 0.4) is 0 Å². The van der Waals surface area contributed by atoms with Crippen molar-refractivity contribution >= 4 is 60.2 Å². The van der Waals surface area contributed by atoms with Crippen LogP contribution in [0.4, 0.5) is 4.39 Å². The molecule has 5 rings (SSSR count). The Bertz CT molecular complexity index is 1400. The van der Waals surface area contributed by atoms with Crippen LogP contribution in [-0.4, -0.2) is 25.0 Å². The largest absolute Gasteiger partial charge is 0.281 e. The number of H-pyrrole nitrogens is 2. The number of hydrogen-bond donors (Lipinski definition) is 2. The van der Waals surface area contributed by atoms with E-state index in [0.717, 1.165) is 5.39 Å². The van der Waals surface area contributed by atoms with E-state index in [1.807, 2.05) is 6.07 Å². The van der Waals surface area contributed by atoms with Gasteiger partial charge >= 0.3 is 0 Å². The zero-order chi connectivity index (χ0) is 18.0. The second kappa shape index (κ2) is 5.39. The normalized spacial score (nSPS) is 11.8. The third-order valence-corrected chi connectivity index (χ3v) is 5.24. The van der Waals surface area contributed by atoms with Crippen LogP contribution < -0.4 is 5.56 Å². The van der Waals surface area contributed by atoms with Crippen LogP contribution in [0.5, 0.6) is 0 Å². The number of rotatable bonds is 1. The second-order valence-electron chi connectivity index (χ2n) is 5.79. The summed E-state index contributed by atoms with van der Waals surface area (Å²) >= 11 is 9.44. The van der Waals surface area contributed by atoms with Gasteiger partial charge in [-0.2, -0.15) is 10.2 Å². The summed E-state index contributed by atoms with van der Waals surface area (Å²) in [7, 11) is 0. The Morgan fingerprint density at radius 1 is 1.19 bits per heavy atom. The van der Waals surface area contributed by atoms with Gasteiger partial charge in [0.05, 0.1) is 33.3 Å². The van der Waals surface area contributed by atoms with Crippen molar-refractivity contribution in [3.63, 3.8) is 0 Å². The molecule has 128 valence electrons. The minimum atomic E-state index is -0.561. The molecular weight excluding hydrogens is 425 g/mol. The van der Waals surface area contributed by atoms with Gasteiger partial charge in [0.1, 0.15) is 15.9 Å². The Labute approximate surface area is 157 Å². The van der Waals surface area contributed by atoms with Gasteiger partial charge in [0.2, 0.25) is 0 Å². The number of nitrogens with zero attached hydrogens (tertiary/aromatic N) is 3. The van der Waals surface area contributed by atoms with Gasteiger partial charge in [0, 0.05) is 10.8 Å². The zero-order valence-corrected chi connectivity index (χ0v) is 15.2. The van der Waals surface area contributed by atoms with Crippen LogP contribution in [-0.2, 0) is 0 Å². The fraction of sp³-hybridized carbons (Fsp3) is 0. The van der Waals surface area contributed by atoms with Crippen molar-refractivity contribution in [2.45, 2.75) is 0 Å². The van der Waals surface area contributed by atoms with E-state index in [-0.39, 0.29) is 16.1 Å². The molecule has 3 heterocycles. The molecule has 0 radical (unpaired) electrons. The monoisotopic (exact) mass is 431 g/mol. The van der Waals surface area contributed by atoms with Crippen LogP contribution in [0.2, 0.25) is 5.02 Å². The van der Waals surface area contributed by atoms with E-state index >= 15 is 0 Å². The van der Waals surface area contributed by atoms with Crippen molar-refractivity contribution in [3.05, 3.63) is 62.3 Å². The van der Waals surface area contributed by atoms with E-state index in [0.29, 0.717) is 32.1 Å². The van der Waals surface area contributed by atoms with Gasteiger partial charge < -0.3 is 0 Å². The Balaban J connectivity index is 2.08. The van der Waals surface area contributed by atoms with E-state index in [4.69, 9.17) is 11.6 Å². The molecule has 5 aromatic rings. The average molecular weight is 433 g/mol. The number of benzene rings is 2. The van der Waals surface area contributed by atoms with Crippen molar-refractivity contribution in [3.8, 4) is 5.69 Å². The van der Waals surface area contributed by atoms with Gasteiger partial charge in [0.25, 0.3) is 5.56 Å². The number of halogens is 3. The lowest BCUT2D eigenvalue weighted by Gasteiger charge is -2.13. The van der Waals surface area contributed by atoms with Crippen molar-refractivity contribution in [1.29, 1.82) is 0 Å². The lowest BCUT2D eigenvalue weighted by Crippen LogP contribution is -2.19. The molecule has 26 heavy (non-hydrogen) atoms. The van der Waals surface area contributed by atoms with Crippen LogP contribution in [0, 0.1) is 5.82 Å². The van der Waals surface area contributed by atoms with Gasteiger partial charge in [0.15, 0.2) is 0 Å². The molecule has 0 aliphatic rings. The molecule has 0 unspecified atom stereocenters. The molecule has 0 aliphatic heterocycles. The van der Waals surface area contributed by atoms with E-state index in [2.05, 4.69) is 36.3 Å². The first kappa shape index (κ1) is 15.5. The SMILES string of the molecule is O=c1c2[nH]ncc2c2cc(F)c(Cl)cc2n1-c1cccc2n[nH]c(Br)c12. The summed E-state index contributed by atoms with van der Waals surface area (Å²) in [6.45, 7) is 0. The predicted molar refractivity (Wildman–Crippen MR) is 102 cm³/mol. The summed E-state index contributed by atoms with van der Waals surface area (Å²) in [6, 6.07) is 8.19. The smallest absolute Gasteiger partial charge is 0.274 e. The van der Waals surface area contributed by atoms with Crippen molar-refractivity contribution in [2.75, 3.05) is 0 Å². The highest BCUT2D eigenvalue weighted by Gasteiger charge is 2.19. The highest BCUT2D eigenvalue weighted by Crippen LogP contribution is 2.32. The van der Waals surface area contributed by atoms with E-state index < -0.39 is 5.82 Å². The van der Waals surface area contributed by atoms with Crippen LogP contribution >= 0.6 is 27.5 Å². The number of hydrogen-bond acceptors (Lipinski definition) is 3. The summed E-state index contributed by atoms with van der Waals surface area (Å²) in [5.74, 6) is -0.561. The van der Waals surface area contributed by atoms with Crippen molar-refractivity contribution in [1.82, 2.24) is 25.0 Å². The Hall–Kier alpha value is -2.71. The first-order valence-electron chi connectivity index (χ1n) is 7.56. The maximum Gasteiger partial charge on any atom is 0.281 e. The maximum absolute atomic E-state index is 14.1. The Kier molecular flexibility index (Phi) is 3.22. The van der Waals surface area contributed by atoms with E-state index in [1.54, 1.807) is 12.1 Å². The first-order chi connectivity index (χ1) is 12.6. The molecular formula is C17H8BrClFN5O. The summed E-state index contributed by atoms with van der Waals surface area (Å²) < 4.78 is 16.2. The zero-order valence-electron chi connectivity index (χ0n) is 12.8. The van der Waals surface area contributed by atoms with Crippen LogP contribution in [0.25, 0.3) is 38.4 Å². The summed E-state index contributed by atoms with van der Waals surface area (Å²) in [5.41, 5.74) is 1.74. The van der Waals surface area contributed by atoms with Gasteiger partial charge in [-0.3, -0.25) is 19.6 Å². The van der Waals surface area contributed by atoms with Gasteiger partial charge in [-0.25, -0.2) is 4.39 Å². The second-order valence-corrected chi connectivity index (χ2v) is 6.99. The third-order valence-electron chi connectivity index (χ3n) is 4.38. The molecule has 0 spiro atoms. The minimum absolute atomic E-state index is 0.0630. The standard InChI is InChI=1S/C17H8BrClFN5O/c18-16-14-11(22-24-16)2-1-3-12(14)25-13-5-9(19)10(20)4-7(13)8-6-21-23-15(8)17(25)26/h1-6H,(H,21,23)(H,22,24). The molecule has 2 aromatic carbocycles. The summed E-state index contributed by atoms with van der Waals surface area (Å²) in [5, 5.41) is 15.5. The number of nitrogens with one attached hydrogen (secondary N) is 2. The molecule has 0 saturated carbocycles. The molecule has 0 fully saturated rings. The highest BCUT2D eigenvalue weighted by molar-refractivity contribution is 9.10. The lowest BCUT2D eigenvalue weighted by molar-refractivity contribution is 0.630. The third kappa shape index (κ3) is 1.99. The molecule has 0 amide bonds. The summed E-state index contributed by atoms with van der Waals surface area (Å²) in [4.78, 5) is 13.2. The predicted octanol–water partition coefficient (Wildman–Crippen LogP) is 4.30. The van der Waals surface area contributed by atoms with Gasteiger partial charge in [-0.1, -0.05) is 17.7 Å². The lowest BCUT2D eigenvalue weighted by atomic mass is 10.1. The maximum atomic E-state index is 14.1. The van der Waals surface area contributed by atoms with Crippen molar-refractivity contribution < 1.29 is 4.39 Å². The molecule has 0 saturated heterocycles. The number of fused-ring (bicyclic) bond motifs is 4. The minimum Gasteiger partial charge on any atom is -0.274 e. The molecule has 2 N–H and O–H groups in total. The quantitative estimate of drug-likeness (QED) is 0.414. The number of aromatic amines is 2. The van der Waals surface area contributed by atoms with Crippen molar-refractivity contribution in [2.24, 2.45) is 0 Å². The van der Waals surface area contributed by atoms with Crippen LogP contribution in [0.1, 0.15) is 0 Å². The first-order valence-corrected chi connectivity index (χ1v) is 8.73. The fourth-order valence-corrected chi connectivity index (χ4v) is 3.90. The molecule has 0 aliphatic carbocycles. The number of aromatic nitrogens is 5. The Morgan fingerprint density at radius 2 is 2.04 bits per heavy atom. The molecule has 0 atom stereocenters. The van der Waals surface area contributed by atoms with E-state index in [9.17, 15) is 9.18 Å². The average Bonchev–Trinajstić information content (AvgIpc) is 3.25.